The van der Waals surface area contributed by atoms with Crippen molar-refractivity contribution in [1.82, 2.24) is 0 Å². The number of para-hydroxylation sites is 1. The molecular formula is C26H24N4O+2. The fraction of sp³-hybridized carbons (Fsp3) is 0.0385. The Labute approximate surface area is 181 Å². The van der Waals surface area contributed by atoms with E-state index < -0.39 is 0 Å². The summed E-state index contributed by atoms with van der Waals surface area (Å²) in [6, 6.07) is 25.9. The normalized spacial score (nSPS) is 12.4. The third-order valence-corrected chi connectivity index (χ3v) is 4.61. The monoisotopic (exact) mass is 408 g/mol. The van der Waals surface area contributed by atoms with Gasteiger partial charge in [-0.1, -0.05) is 18.2 Å². The highest BCUT2D eigenvalue weighted by molar-refractivity contribution is 6.14. The first-order valence-electron chi connectivity index (χ1n) is 10.1. The van der Waals surface area contributed by atoms with Gasteiger partial charge in [-0.05, 0) is 36.4 Å². The van der Waals surface area contributed by atoms with E-state index in [0.29, 0.717) is 0 Å². The van der Waals surface area contributed by atoms with E-state index in [1.54, 1.807) is 0 Å². The maximum absolute atomic E-state index is 11.1. The second-order valence-corrected chi connectivity index (χ2v) is 7.15. The molecule has 0 atom stereocenters. The van der Waals surface area contributed by atoms with Gasteiger partial charge in [0.25, 0.3) is 0 Å². The lowest BCUT2D eigenvalue weighted by Crippen LogP contribution is -2.68. The molecule has 1 aliphatic rings. The number of amides is 1. The standard InChI is InChI=1S/C26H22N4O/c1-19(31)27-21-7-9-23(10-8-21)29-25-15-17-26(18-16-25)30-24-13-11-22(12-14-24)28-20-5-3-2-4-6-20/h2-18,28H,1H3,(H,27,31)/p+2. The molecule has 0 spiro atoms. The number of hydrogen-bond donors (Lipinski definition) is 4. The molecule has 0 aromatic heterocycles. The van der Waals surface area contributed by atoms with Gasteiger partial charge in [0.1, 0.15) is 0 Å². The minimum atomic E-state index is -0.0779. The average molecular weight is 409 g/mol. The summed E-state index contributed by atoms with van der Waals surface area (Å²) in [5.74, 6) is -0.0779. The quantitative estimate of drug-likeness (QED) is 0.490. The number of benzene rings is 3. The Morgan fingerprint density at radius 3 is 1.55 bits per heavy atom. The Hall–Kier alpha value is -4.25. The smallest absolute Gasteiger partial charge is 0.221 e. The molecule has 0 heterocycles. The van der Waals surface area contributed by atoms with Crippen molar-refractivity contribution < 1.29 is 14.8 Å². The van der Waals surface area contributed by atoms with Crippen molar-refractivity contribution in [3.63, 3.8) is 0 Å². The highest BCUT2D eigenvalue weighted by Gasteiger charge is 2.09. The van der Waals surface area contributed by atoms with Crippen molar-refractivity contribution in [3.05, 3.63) is 103 Å². The molecule has 0 aliphatic heterocycles. The third kappa shape index (κ3) is 5.87. The van der Waals surface area contributed by atoms with Gasteiger partial charge in [0, 0.05) is 72.6 Å². The molecule has 1 amide bonds. The van der Waals surface area contributed by atoms with Crippen LogP contribution in [0.15, 0.2) is 103 Å². The Balaban J connectivity index is 1.39. The number of hydrogen-bond acceptors (Lipinski definition) is 2. The molecule has 152 valence electrons. The van der Waals surface area contributed by atoms with E-state index in [4.69, 9.17) is 0 Å². The van der Waals surface area contributed by atoms with Crippen molar-refractivity contribution in [3.8, 4) is 0 Å². The van der Waals surface area contributed by atoms with Gasteiger partial charge in [0.2, 0.25) is 28.7 Å². The molecule has 0 saturated carbocycles. The van der Waals surface area contributed by atoms with Crippen molar-refractivity contribution in [2.24, 2.45) is 0 Å². The van der Waals surface area contributed by atoms with Gasteiger partial charge in [-0.3, -0.25) is 4.79 Å². The minimum Gasteiger partial charge on any atom is -0.356 e. The first-order chi connectivity index (χ1) is 15.1. The first kappa shape index (κ1) is 20.0. The molecule has 1 aliphatic carbocycles. The summed E-state index contributed by atoms with van der Waals surface area (Å²) >= 11 is 0. The lowest BCUT2D eigenvalue weighted by Gasteiger charge is -2.05. The Kier molecular flexibility index (Phi) is 6.14. The molecule has 0 bridgehead atoms. The van der Waals surface area contributed by atoms with Crippen LogP contribution in [0, 0.1) is 0 Å². The lowest BCUT2D eigenvalue weighted by atomic mass is 10.1. The van der Waals surface area contributed by atoms with Gasteiger partial charge in [-0.15, -0.1) is 0 Å². The molecule has 0 radical (unpaired) electrons. The van der Waals surface area contributed by atoms with E-state index in [9.17, 15) is 4.79 Å². The predicted molar refractivity (Wildman–Crippen MR) is 126 cm³/mol. The predicted octanol–water partition coefficient (Wildman–Crippen LogP) is 2.52. The number of carbonyl (C=O) groups excluding carboxylic acids is 1. The van der Waals surface area contributed by atoms with Gasteiger partial charge >= 0.3 is 0 Å². The number of rotatable bonds is 5. The molecule has 3 aromatic carbocycles. The molecular weight excluding hydrogens is 384 g/mol. The molecule has 31 heavy (non-hydrogen) atoms. The summed E-state index contributed by atoms with van der Waals surface area (Å²) in [4.78, 5) is 17.9. The maximum atomic E-state index is 11.1. The molecule has 4 rings (SSSR count). The minimum absolute atomic E-state index is 0.0779. The van der Waals surface area contributed by atoms with Gasteiger partial charge in [0.05, 0.1) is 0 Å². The number of nitrogens with one attached hydrogen (secondary N) is 4. The van der Waals surface area contributed by atoms with Crippen LogP contribution in [0.3, 0.4) is 0 Å². The largest absolute Gasteiger partial charge is 0.356 e. The van der Waals surface area contributed by atoms with Gasteiger partial charge < -0.3 is 10.6 Å². The third-order valence-electron chi connectivity index (χ3n) is 4.61. The highest BCUT2D eigenvalue weighted by atomic mass is 16.1. The Morgan fingerprint density at radius 2 is 1.06 bits per heavy atom. The van der Waals surface area contributed by atoms with E-state index in [-0.39, 0.29) is 5.91 Å². The molecule has 4 N–H and O–H groups in total. The van der Waals surface area contributed by atoms with E-state index in [1.165, 1.54) is 6.92 Å². The lowest BCUT2D eigenvalue weighted by molar-refractivity contribution is -0.353. The van der Waals surface area contributed by atoms with Crippen LogP contribution in [-0.4, -0.2) is 17.3 Å². The van der Waals surface area contributed by atoms with E-state index in [0.717, 1.165) is 39.9 Å². The van der Waals surface area contributed by atoms with Gasteiger partial charge in [-0.25, -0.2) is 9.98 Å². The van der Waals surface area contributed by atoms with Gasteiger partial charge in [-0.2, -0.15) is 0 Å². The number of carbonyl (C=O) groups is 1. The second-order valence-electron chi connectivity index (χ2n) is 7.15. The fourth-order valence-electron chi connectivity index (χ4n) is 3.14. The van der Waals surface area contributed by atoms with Crippen LogP contribution in [0.25, 0.3) is 0 Å². The van der Waals surface area contributed by atoms with Crippen molar-refractivity contribution in [2.45, 2.75) is 6.92 Å². The molecule has 0 saturated heterocycles. The number of allylic oxidation sites excluding steroid dienone is 4. The van der Waals surface area contributed by atoms with Crippen molar-refractivity contribution in [2.75, 3.05) is 10.6 Å². The molecule has 5 heteroatoms. The first-order valence-corrected chi connectivity index (χ1v) is 10.1. The zero-order valence-electron chi connectivity index (χ0n) is 17.2. The van der Waals surface area contributed by atoms with E-state index in [1.807, 2.05) is 91.0 Å². The van der Waals surface area contributed by atoms with Crippen LogP contribution >= 0.6 is 0 Å². The Morgan fingerprint density at radius 1 is 0.613 bits per heavy atom. The summed E-state index contributed by atoms with van der Waals surface area (Å²) in [6.45, 7) is 1.50. The molecule has 0 unspecified atom stereocenters. The van der Waals surface area contributed by atoms with Gasteiger partial charge in [0.15, 0.2) is 0 Å². The van der Waals surface area contributed by atoms with Crippen LogP contribution in [-0.2, 0) is 4.79 Å². The van der Waals surface area contributed by atoms with Crippen molar-refractivity contribution >= 4 is 45.8 Å². The van der Waals surface area contributed by atoms with Crippen molar-refractivity contribution in [1.29, 1.82) is 0 Å². The number of anilines is 3. The van der Waals surface area contributed by atoms with E-state index in [2.05, 4.69) is 32.8 Å². The maximum Gasteiger partial charge on any atom is 0.221 e. The second kappa shape index (κ2) is 9.50. The molecule has 0 fully saturated rings. The van der Waals surface area contributed by atoms with Crippen LogP contribution in [0.1, 0.15) is 6.92 Å². The summed E-state index contributed by atoms with van der Waals surface area (Å²) in [5, 5.41) is 6.14. The zero-order chi connectivity index (χ0) is 21.5. The van der Waals surface area contributed by atoms with Crippen LogP contribution in [0.4, 0.5) is 28.4 Å². The van der Waals surface area contributed by atoms with Crippen LogP contribution < -0.4 is 20.6 Å². The highest BCUT2D eigenvalue weighted by Crippen LogP contribution is 2.16. The fourth-order valence-corrected chi connectivity index (χ4v) is 3.14. The topological polar surface area (TPSA) is 69.1 Å². The Bertz CT molecular complexity index is 1150. The molecule has 5 nitrogen and oxygen atoms in total. The average Bonchev–Trinajstić information content (AvgIpc) is 2.78. The molecule has 3 aromatic rings. The SMILES string of the molecule is CC(=O)Nc1ccc([NH+]=C2C=CC(=[NH+]c3ccc(Nc4ccccc4)cc3)C=C2)cc1. The van der Waals surface area contributed by atoms with Crippen LogP contribution in [0.5, 0.6) is 0 Å². The summed E-state index contributed by atoms with van der Waals surface area (Å²) < 4.78 is 0. The van der Waals surface area contributed by atoms with Crippen LogP contribution in [0.2, 0.25) is 0 Å². The zero-order valence-corrected chi connectivity index (χ0v) is 17.2. The summed E-state index contributed by atoms with van der Waals surface area (Å²) in [6.07, 6.45) is 8.11. The summed E-state index contributed by atoms with van der Waals surface area (Å²) in [5.41, 5.74) is 6.86. The van der Waals surface area contributed by atoms with E-state index >= 15 is 0 Å². The summed E-state index contributed by atoms with van der Waals surface area (Å²) in [7, 11) is 0.